The maximum atomic E-state index is 6.00. The van der Waals surface area contributed by atoms with Crippen molar-refractivity contribution >= 4 is 34.3 Å². The lowest BCUT2D eigenvalue weighted by molar-refractivity contribution is 1.01. The Morgan fingerprint density at radius 1 is 1.00 bits per heavy atom. The van der Waals surface area contributed by atoms with Crippen LogP contribution in [0.4, 0.5) is 0 Å². The maximum absolute atomic E-state index is 6.00. The van der Waals surface area contributed by atoms with Crippen molar-refractivity contribution in [1.29, 1.82) is 0 Å². The van der Waals surface area contributed by atoms with Crippen LogP contribution >= 0.6 is 23.2 Å². The van der Waals surface area contributed by atoms with E-state index in [1.165, 1.54) is 11.1 Å². The summed E-state index contributed by atoms with van der Waals surface area (Å²) in [6.07, 6.45) is 4.15. The van der Waals surface area contributed by atoms with Crippen LogP contribution in [-0.4, -0.2) is 10.2 Å². The molecule has 2 aliphatic rings. The molecule has 0 aromatic carbocycles. The second kappa shape index (κ2) is 2.59. The van der Waals surface area contributed by atoms with Crippen LogP contribution in [0.25, 0.3) is 11.1 Å². The van der Waals surface area contributed by atoms with E-state index in [1.807, 2.05) is 0 Å². The highest BCUT2D eigenvalue weighted by atomic mass is 35.5. The molecule has 0 saturated carbocycles. The highest BCUT2D eigenvalue weighted by molar-refractivity contribution is 6.32. The summed E-state index contributed by atoms with van der Waals surface area (Å²) in [5, 5.41) is 10.5. The number of aromatic nitrogens is 2. The molecule has 1 heterocycles. The van der Waals surface area contributed by atoms with E-state index >= 15 is 0 Å². The van der Waals surface area contributed by atoms with E-state index in [-0.39, 0.29) is 0 Å². The molecule has 2 nitrogen and oxygen atoms in total. The zero-order valence-electron chi connectivity index (χ0n) is 7.38. The Labute approximate surface area is 90.6 Å². The van der Waals surface area contributed by atoms with Gasteiger partial charge in [-0.05, 0) is 11.1 Å². The van der Waals surface area contributed by atoms with Gasteiger partial charge in [-0.15, -0.1) is 10.2 Å². The number of halogens is 2. The zero-order valence-corrected chi connectivity index (χ0v) is 8.89. The van der Waals surface area contributed by atoms with Gasteiger partial charge < -0.3 is 0 Å². The predicted molar refractivity (Wildman–Crippen MR) is 56.4 cm³/mol. The normalized spacial score (nSPS) is 18.2. The van der Waals surface area contributed by atoms with Crippen molar-refractivity contribution in [3.05, 3.63) is 32.9 Å². The number of hydrogen-bond acceptors (Lipinski definition) is 2. The molecular formula is C10H6Cl2N2. The Bertz CT molecular complexity index is 536. The minimum atomic E-state index is 0.381. The summed E-state index contributed by atoms with van der Waals surface area (Å²) >= 11 is 12.0. The van der Waals surface area contributed by atoms with Crippen molar-refractivity contribution in [3.8, 4) is 0 Å². The molecule has 2 bridgehead atoms. The molecule has 0 fully saturated rings. The monoisotopic (exact) mass is 224 g/mol. The van der Waals surface area contributed by atoms with E-state index in [1.54, 1.807) is 0 Å². The summed E-state index contributed by atoms with van der Waals surface area (Å²) in [5.41, 5.74) is 2.41. The standard InChI is InChI=1S/C10H6Cl2N2/c1-4-5-2-3-6(4)8-7(5)9(11)13-14-10(8)12/h2-4H,1H3. The fourth-order valence-corrected chi connectivity index (χ4v) is 2.64. The fraction of sp³-hybridized carbons (Fsp3) is 0.200. The van der Waals surface area contributed by atoms with Gasteiger partial charge in [0.1, 0.15) is 0 Å². The van der Waals surface area contributed by atoms with E-state index in [2.05, 4.69) is 29.3 Å². The quantitative estimate of drug-likeness (QED) is 0.665. The zero-order chi connectivity index (χ0) is 9.87. The number of allylic oxidation sites excluding steroid dienone is 2. The molecule has 0 atom stereocenters. The lowest BCUT2D eigenvalue weighted by Gasteiger charge is -1.98. The Morgan fingerprint density at radius 3 is 1.86 bits per heavy atom. The average Bonchev–Trinajstić information content (AvgIpc) is 2.67. The van der Waals surface area contributed by atoms with E-state index in [9.17, 15) is 0 Å². The van der Waals surface area contributed by atoms with Crippen LogP contribution in [0.15, 0.2) is 12.2 Å². The largest absolute Gasteiger partial charge is 0.159 e. The molecular weight excluding hydrogens is 219 g/mol. The van der Waals surface area contributed by atoms with Crippen LogP contribution in [0.1, 0.15) is 6.92 Å². The molecule has 0 aliphatic heterocycles. The first-order valence-corrected chi connectivity index (χ1v) is 5.10. The van der Waals surface area contributed by atoms with Gasteiger partial charge in [-0.1, -0.05) is 42.3 Å². The van der Waals surface area contributed by atoms with Crippen molar-refractivity contribution in [2.45, 2.75) is 6.92 Å². The first-order valence-electron chi connectivity index (χ1n) is 4.34. The number of fused-ring (bicyclic) bond motifs is 3. The first kappa shape index (κ1) is 8.45. The van der Waals surface area contributed by atoms with Crippen molar-refractivity contribution in [2.75, 3.05) is 0 Å². The Morgan fingerprint density at radius 2 is 1.43 bits per heavy atom. The van der Waals surface area contributed by atoms with Crippen molar-refractivity contribution in [1.82, 2.24) is 10.2 Å². The molecule has 0 N–H and O–H groups in total. The summed E-state index contributed by atoms with van der Waals surface area (Å²) in [6.45, 7) is 2.14. The van der Waals surface area contributed by atoms with E-state index in [4.69, 9.17) is 23.2 Å². The molecule has 1 aromatic rings. The van der Waals surface area contributed by atoms with Gasteiger partial charge in [-0.2, -0.15) is 0 Å². The van der Waals surface area contributed by atoms with Crippen LogP contribution in [0, 0.1) is 5.92 Å². The van der Waals surface area contributed by atoms with Crippen LogP contribution in [0.5, 0.6) is 0 Å². The van der Waals surface area contributed by atoms with E-state index in [0.717, 1.165) is 10.4 Å². The molecule has 0 amide bonds. The van der Waals surface area contributed by atoms with E-state index < -0.39 is 0 Å². The predicted octanol–water partition coefficient (Wildman–Crippen LogP) is 1.30. The number of nitrogens with zero attached hydrogens (tertiary/aromatic N) is 2. The maximum Gasteiger partial charge on any atom is 0.159 e. The minimum Gasteiger partial charge on any atom is -0.136 e. The third-order valence-electron chi connectivity index (χ3n) is 2.84. The van der Waals surface area contributed by atoms with Gasteiger partial charge in [0.25, 0.3) is 0 Å². The Kier molecular flexibility index (Phi) is 1.56. The molecule has 70 valence electrons. The van der Waals surface area contributed by atoms with Gasteiger partial charge in [0.05, 0.1) is 0 Å². The SMILES string of the molecule is CC1C2=c3c(Cl)nnc(Cl)c3=C1C=C2. The first-order chi connectivity index (χ1) is 6.70. The summed E-state index contributed by atoms with van der Waals surface area (Å²) in [7, 11) is 0. The highest BCUT2D eigenvalue weighted by Crippen LogP contribution is 2.33. The lowest BCUT2D eigenvalue weighted by Crippen LogP contribution is -2.29. The topological polar surface area (TPSA) is 25.8 Å². The number of rotatable bonds is 0. The summed E-state index contributed by atoms with van der Waals surface area (Å²) < 4.78 is 0. The molecule has 2 aliphatic carbocycles. The molecule has 0 radical (unpaired) electrons. The molecule has 0 unspecified atom stereocenters. The molecule has 14 heavy (non-hydrogen) atoms. The van der Waals surface area contributed by atoms with Crippen molar-refractivity contribution in [3.63, 3.8) is 0 Å². The Balaban J connectivity index is 2.65. The van der Waals surface area contributed by atoms with Gasteiger partial charge >= 0.3 is 0 Å². The summed E-state index contributed by atoms with van der Waals surface area (Å²) in [5.74, 6) is 0.381. The second-order valence-electron chi connectivity index (χ2n) is 3.50. The van der Waals surface area contributed by atoms with Gasteiger partial charge in [-0.3, -0.25) is 0 Å². The molecule has 1 aromatic heterocycles. The van der Waals surface area contributed by atoms with Gasteiger partial charge in [0.2, 0.25) is 0 Å². The van der Waals surface area contributed by atoms with Gasteiger partial charge in [0.15, 0.2) is 10.3 Å². The summed E-state index contributed by atoms with van der Waals surface area (Å²) in [4.78, 5) is 0. The van der Waals surface area contributed by atoms with Gasteiger partial charge in [0, 0.05) is 16.4 Å². The molecule has 4 heteroatoms. The molecule has 0 saturated heterocycles. The van der Waals surface area contributed by atoms with Crippen LogP contribution < -0.4 is 10.4 Å². The molecule has 0 spiro atoms. The highest BCUT2D eigenvalue weighted by Gasteiger charge is 2.27. The fourth-order valence-electron chi connectivity index (χ4n) is 2.16. The lowest BCUT2D eigenvalue weighted by atomic mass is 10.1. The van der Waals surface area contributed by atoms with E-state index in [0.29, 0.717) is 16.2 Å². The van der Waals surface area contributed by atoms with Crippen LogP contribution in [0.3, 0.4) is 0 Å². The second-order valence-corrected chi connectivity index (χ2v) is 4.21. The van der Waals surface area contributed by atoms with Crippen molar-refractivity contribution in [2.24, 2.45) is 5.92 Å². The van der Waals surface area contributed by atoms with Crippen LogP contribution in [0.2, 0.25) is 10.3 Å². The smallest absolute Gasteiger partial charge is 0.136 e. The van der Waals surface area contributed by atoms with Crippen LogP contribution in [-0.2, 0) is 0 Å². The molecule has 3 rings (SSSR count). The number of hydrogen-bond donors (Lipinski definition) is 0. The minimum absolute atomic E-state index is 0.381. The Hall–Kier alpha value is -0.860. The average molecular weight is 225 g/mol. The third-order valence-corrected chi connectivity index (χ3v) is 3.37. The van der Waals surface area contributed by atoms with Gasteiger partial charge in [-0.25, -0.2) is 0 Å². The van der Waals surface area contributed by atoms with Crippen molar-refractivity contribution < 1.29 is 0 Å². The third kappa shape index (κ3) is 0.830. The summed E-state index contributed by atoms with van der Waals surface area (Å²) in [6, 6.07) is 0.